The molecule has 0 saturated carbocycles. The third-order valence-electron chi connectivity index (χ3n) is 4.26. The van der Waals surface area contributed by atoms with Crippen LogP contribution in [-0.2, 0) is 0 Å². The molecule has 24 heavy (non-hydrogen) atoms. The maximum atomic E-state index is 14.6. The van der Waals surface area contributed by atoms with Gasteiger partial charge in [0.25, 0.3) is 0 Å². The maximum absolute atomic E-state index is 14.6. The van der Waals surface area contributed by atoms with Crippen molar-refractivity contribution < 1.29 is 19.1 Å². The first-order valence-electron chi connectivity index (χ1n) is 8.04. The Labute approximate surface area is 145 Å². The predicted octanol–water partition coefficient (Wildman–Crippen LogP) is 1.71. The number of hydrogen-bond donors (Lipinski definition) is 3. The lowest BCUT2D eigenvalue weighted by Crippen LogP contribution is -3.11. The first-order valence-corrected chi connectivity index (χ1v) is 8.42. The van der Waals surface area contributed by atoms with Crippen molar-refractivity contribution in [2.24, 2.45) is 0 Å². The van der Waals surface area contributed by atoms with Crippen molar-refractivity contribution in [3.05, 3.63) is 58.9 Å². The van der Waals surface area contributed by atoms with Gasteiger partial charge in [-0.15, -0.1) is 0 Å². The summed E-state index contributed by atoms with van der Waals surface area (Å²) in [4.78, 5) is 1.09. The highest BCUT2D eigenvalue weighted by molar-refractivity contribution is 6.30. The standard InChI is InChI=1S/C18H20ClFN2O2/c19-14-3-1-13(2-4-14)18-12-21-7-8-22(18)17-6-5-15(11-16(17)20)24-10-9-23/h1-6,11,18,21,23H,7-10,12H2/p+1. The number of aliphatic hydroxyl groups excluding tert-OH is 1. The fraction of sp³-hybridized carbons (Fsp3) is 0.333. The molecule has 0 aliphatic carbocycles. The summed E-state index contributed by atoms with van der Waals surface area (Å²) >= 11 is 5.97. The molecular formula is C18H21ClFN2O2+. The number of nitrogens with one attached hydrogen (secondary N) is 2. The van der Waals surface area contributed by atoms with Crippen LogP contribution in [0.3, 0.4) is 0 Å². The van der Waals surface area contributed by atoms with Crippen molar-refractivity contribution in [2.75, 3.05) is 32.8 Å². The van der Waals surface area contributed by atoms with Gasteiger partial charge < -0.3 is 15.2 Å². The molecule has 4 nitrogen and oxygen atoms in total. The van der Waals surface area contributed by atoms with Gasteiger partial charge in [0.2, 0.25) is 0 Å². The van der Waals surface area contributed by atoms with Crippen LogP contribution in [0.15, 0.2) is 42.5 Å². The van der Waals surface area contributed by atoms with Crippen molar-refractivity contribution >= 4 is 17.3 Å². The zero-order valence-corrected chi connectivity index (χ0v) is 14.0. The average molecular weight is 352 g/mol. The van der Waals surface area contributed by atoms with E-state index in [9.17, 15) is 4.39 Å². The summed E-state index contributed by atoms with van der Waals surface area (Å²) in [5.41, 5.74) is 1.76. The van der Waals surface area contributed by atoms with Gasteiger partial charge in [-0.25, -0.2) is 4.39 Å². The van der Waals surface area contributed by atoms with E-state index < -0.39 is 0 Å². The second-order valence-electron chi connectivity index (χ2n) is 5.80. The fourth-order valence-electron chi connectivity index (χ4n) is 3.11. The van der Waals surface area contributed by atoms with E-state index in [0.717, 1.165) is 30.1 Å². The van der Waals surface area contributed by atoms with Gasteiger partial charge in [0.15, 0.2) is 11.5 Å². The third-order valence-corrected chi connectivity index (χ3v) is 4.51. The van der Waals surface area contributed by atoms with E-state index in [2.05, 4.69) is 5.32 Å². The van der Waals surface area contributed by atoms with E-state index in [4.69, 9.17) is 21.4 Å². The van der Waals surface area contributed by atoms with Gasteiger partial charge in [-0.2, -0.15) is 0 Å². The summed E-state index contributed by atoms with van der Waals surface area (Å²) in [5, 5.41) is 12.9. The minimum atomic E-state index is -0.290. The number of aliphatic hydroxyl groups is 1. The van der Waals surface area contributed by atoms with E-state index in [1.807, 2.05) is 24.3 Å². The molecule has 0 radical (unpaired) electrons. The van der Waals surface area contributed by atoms with E-state index >= 15 is 0 Å². The summed E-state index contributed by atoms with van der Waals surface area (Å²) in [5.74, 6) is 0.143. The fourth-order valence-corrected chi connectivity index (χ4v) is 3.24. The molecule has 3 N–H and O–H groups in total. The highest BCUT2D eigenvalue weighted by Crippen LogP contribution is 2.22. The van der Waals surface area contributed by atoms with Crippen LogP contribution in [0.4, 0.5) is 10.1 Å². The first-order chi connectivity index (χ1) is 11.7. The van der Waals surface area contributed by atoms with Gasteiger partial charge in [-0.3, -0.25) is 4.90 Å². The van der Waals surface area contributed by atoms with Crippen molar-refractivity contribution in [1.82, 2.24) is 5.32 Å². The number of piperazine rings is 1. The van der Waals surface area contributed by atoms with Gasteiger partial charge in [0, 0.05) is 29.3 Å². The summed E-state index contributed by atoms with van der Waals surface area (Å²) in [6.45, 7) is 2.47. The monoisotopic (exact) mass is 351 g/mol. The number of rotatable bonds is 5. The Morgan fingerprint density at radius 2 is 2.04 bits per heavy atom. The third kappa shape index (κ3) is 3.87. The predicted molar refractivity (Wildman–Crippen MR) is 91.5 cm³/mol. The normalized spacial score (nSPS) is 20.8. The molecule has 3 rings (SSSR count). The van der Waals surface area contributed by atoms with Crippen molar-refractivity contribution in [2.45, 2.75) is 6.04 Å². The molecule has 1 heterocycles. The van der Waals surface area contributed by atoms with Crippen LogP contribution in [0.2, 0.25) is 5.02 Å². The van der Waals surface area contributed by atoms with Gasteiger partial charge in [-0.05, 0) is 18.2 Å². The van der Waals surface area contributed by atoms with Gasteiger partial charge in [0.1, 0.15) is 18.4 Å². The number of benzene rings is 2. The summed E-state index contributed by atoms with van der Waals surface area (Å²) in [7, 11) is 0. The highest BCUT2D eigenvalue weighted by atomic mass is 35.5. The van der Waals surface area contributed by atoms with Crippen LogP contribution in [0.25, 0.3) is 0 Å². The molecular weight excluding hydrogens is 331 g/mol. The lowest BCUT2D eigenvalue weighted by Gasteiger charge is -2.33. The molecule has 1 saturated heterocycles. The second-order valence-corrected chi connectivity index (χ2v) is 6.23. The Kier molecular flexibility index (Phi) is 5.68. The SMILES string of the molecule is OCCOc1ccc([NH+]2CCNCC2c2ccc(Cl)cc2)c(F)c1. The smallest absolute Gasteiger partial charge is 0.187 e. The molecule has 2 atom stereocenters. The molecule has 2 aromatic rings. The Hall–Kier alpha value is -1.66. The lowest BCUT2D eigenvalue weighted by molar-refractivity contribution is -0.870. The Bertz CT molecular complexity index is 681. The molecule has 0 bridgehead atoms. The zero-order valence-electron chi connectivity index (χ0n) is 13.3. The van der Waals surface area contributed by atoms with Crippen molar-refractivity contribution in [3.63, 3.8) is 0 Å². The zero-order chi connectivity index (χ0) is 16.9. The molecule has 2 unspecified atom stereocenters. The quantitative estimate of drug-likeness (QED) is 0.768. The van der Waals surface area contributed by atoms with Crippen LogP contribution < -0.4 is 15.0 Å². The molecule has 2 aromatic carbocycles. The van der Waals surface area contributed by atoms with Crippen LogP contribution in [0, 0.1) is 5.82 Å². The minimum Gasteiger partial charge on any atom is -0.491 e. The largest absolute Gasteiger partial charge is 0.491 e. The molecule has 6 heteroatoms. The highest BCUT2D eigenvalue weighted by Gasteiger charge is 2.31. The van der Waals surface area contributed by atoms with E-state index in [1.165, 1.54) is 6.07 Å². The van der Waals surface area contributed by atoms with Gasteiger partial charge >= 0.3 is 0 Å². The molecule has 0 spiro atoms. The van der Waals surface area contributed by atoms with Crippen molar-refractivity contribution in [3.8, 4) is 5.75 Å². The first kappa shape index (κ1) is 17.2. The second kappa shape index (κ2) is 7.94. The number of halogens is 2. The number of ether oxygens (including phenoxy) is 1. The topological polar surface area (TPSA) is 45.9 Å². The molecule has 1 aliphatic heterocycles. The van der Waals surface area contributed by atoms with Crippen LogP contribution in [0.1, 0.15) is 11.6 Å². The minimum absolute atomic E-state index is 0.0922. The van der Waals surface area contributed by atoms with Gasteiger partial charge in [-0.1, -0.05) is 23.7 Å². The van der Waals surface area contributed by atoms with E-state index in [-0.39, 0.29) is 25.1 Å². The van der Waals surface area contributed by atoms with Crippen molar-refractivity contribution in [1.29, 1.82) is 0 Å². The number of quaternary nitrogens is 1. The van der Waals surface area contributed by atoms with Crippen LogP contribution in [0.5, 0.6) is 5.75 Å². The molecule has 0 aromatic heterocycles. The summed E-state index contributed by atoms with van der Waals surface area (Å²) in [6, 6.07) is 12.8. The Morgan fingerprint density at radius 3 is 2.75 bits per heavy atom. The van der Waals surface area contributed by atoms with E-state index in [0.29, 0.717) is 16.5 Å². The molecule has 1 aliphatic rings. The Morgan fingerprint density at radius 1 is 1.25 bits per heavy atom. The average Bonchev–Trinajstić information content (AvgIpc) is 2.61. The lowest BCUT2D eigenvalue weighted by atomic mass is 10.0. The summed E-state index contributed by atoms with van der Waals surface area (Å²) in [6.07, 6.45) is 0. The number of hydrogen-bond acceptors (Lipinski definition) is 3. The molecule has 1 fully saturated rings. The molecule has 0 amide bonds. The van der Waals surface area contributed by atoms with Crippen LogP contribution >= 0.6 is 11.6 Å². The van der Waals surface area contributed by atoms with Crippen LogP contribution in [-0.4, -0.2) is 38.0 Å². The van der Waals surface area contributed by atoms with Gasteiger partial charge in [0.05, 0.1) is 19.7 Å². The molecule has 128 valence electrons. The summed E-state index contributed by atoms with van der Waals surface area (Å²) < 4.78 is 19.9. The maximum Gasteiger partial charge on any atom is 0.187 e. The van der Waals surface area contributed by atoms with E-state index in [1.54, 1.807) is 12.1 Å². The Balaban J connectivity index is 1.86.